The highest BCUT2D eigenvalue weighted by Gasteiger charge is 2.32. The first kappa shape index (κ1) is 23.2. The Morgan fingerprint density at radius 1 is 1.12 bits per heavy atom. The molecule has 0 aliphatic carbocycles. The molecule has 3 heterocycles. The Bertz CT molecular complexity index is 993. The van der Waals surface area contributed by atoms with Crippen molar-refractivity contribution in [2.45, 2.75) is 57.9 Å². The average molecular weight is 448 g/mol. The molecule has 2 aliphatic heterocycles. The van der Waals surface area contributed by atoms with Crippen LogP contribution in [-0.4, -0.2) is 53.1 Å². The zero-order valence-electron chi connectivity index (χ0n) is 19.4. The van der Waals surface area contributed by atoms with Gasteiger partial charge in [0.25, 0.3) is 0 Å². The maximum Gasteiger partial charge on any atom is 0.155 e. The van der Waals surface area contributed by atoms with Crippen LogP contribution in [0.1, 0.15) is 55.5 Å². The van der Waals surface area contributed by atoms with E-state index in [0.29, 0.717) is 17.9 Å². The van der Waals surface area contributed by atoms with E-state index in [9.17, 15) is 9.90 Å². The minimum absolute atomic E-state index is 0.117. The highest BCUT2D eigenvalue weighted by Crippen LogP contribution is 2.29. The molecule has 4 rings (SSSR count). The number of carbonyl (C=O) groups excluding carboxylic acids is 1. The van der Waals surface area contributed by atoms with E-state index in [-0.39, 0.29) is 18.4 Å². The zero-order valence-corrected chi connectivity index (χ0v) is 19.4. The van der Waals surface area contributed by atoms with Gasteiger partial charge >= 0.3 is 0 Å². The summed E-state index contributed by atoms with van der Waals surface area (Å²) in [5.41, 5.74) is 1.82. The van der Waals surface area contributed by atoms with Gasteiger partial charge in [-0.1, -0.05) is 12.1 Å². The number of hydrogen-bond acceptors (Lipinski definition) is 7. The highest BCUT2D eigenvalue weighted by molar-refractivity contribution is 5.87. The minimum Gasteiger partial charge on any atom is -0.396 e. The summed E-state index contributed by atoms with van der Waals surface area (Å²) in [5, 5.41) is 18.3. The first-order valence-electron chi connectivity index (χ1n) is 12.1. The van der Waals surface area contributed by atoms with Crippen molar-refractivity contribution in [3.63, 3.8) is 0 Å². The number of piperidine rings is 1. The molecular formula is C26H33N5O2. The first-order chi connectivity index (χ1) is 16.1. The molecule has 1 N–H and O–H groups in total. The van der Waals surface area contributed by atoms with E-state index in [4.69, 9.17) is 5.26 Å². The van der Waals surface area contributed by atoms with Gasteiger partial charge < -0.3 is 14.9 Å². The van der Waals surface area contributed by atoms with E-state index in [0.717, 1.165) is 81.2 Å². The number of benzene rings is 1. The molecule has 174 valence electrons. The van der Waals surface area contributed by atoms with E-state index in [1.54, 1.807) is 0 Å². The number of hydrogen-bond donors (Lipinski definition) is 1. The molecule has 0 unspecified atom stereocenters. The quantitative estimate of drug-likeness (QED) is 0.663. The molecule has 1 aromatic heterocycles. The van der Waals surface area contributed by atoms with Gasteiger partial charge in [0.05, 0.1) is 17.7 Å². The van der Waals surface area contributed by atoms with Crippen molar-refractivity contribution in [3.8, 4) is 6.07 Å². The average Bonchev–Trinajstić information content (AvgIpc) is 3.34. The molecule has 2 aliphatic rings. The van der Waals surface area contributed by atoms with E-state index in [1.165, 1.54) is 0 Å². The third kappa shape index (κ3) is 5.69. The molecule has 2 aromatic rings. The van der Waals surface area contributed by atoms with Crippen molar-refractivity contribution < 1.29 is 9.90 Å². The molecule has 7 heteroatoms. The summed E-state index contributed by atoms with van der Waals surface area (Å²) in [5.74, 6) is 3.17. The molecule has 7 nitrogen and oxygen atoms in total. The van der Waals surface area contributed by atoms with E-state index in [1.807, 2.05) is 37.3 Å². The van der Waals surface area contributed by atoms with Gasteiger partial charge in [0, 0.05) is 38.7 Å². The smallest absolute Gasteiger partial charge is 0.155 e. The number of Topliss-reactive ketones (excluding diaryl/α,β-unsaturated/α-hetero) is 1. The van der Waals surface area contributed by atoms with E-state index in [2.05, 4.69) is 25.8 Å². The fraction of sp³-hybridized carbons (Fsp3) is 0.538. The van der Waals surface area contributed by atoms with Crippen LogP contribution in [0, 0.1) is 24.2 Å². The third-order valence-corrected chi connectivity index (χ3v) is 6.90. The lowest BCUT2D eigenvalue weighted by Gasteiger charge is -2.33. The van der Waals surface area contributed by atoms with Crippen LogP contribution >= 0.6 is 0 Å². The van der Waals surface area contributed by atoms with Crippen LogP contribution < -0.4 is 9.80 Å². The number of aryl methyl sites for hydroxylation is 2. The monoisotopic (exact) mass is 447 g/mol. The van der Waals surface area contributed by atoms with Crippen LogP contribution in [0.25, 0.3) is 0 Å². The van der Waals surface area contributed by atoms with E-state index >= 15 is 0 Å². The predicted molar refractivity (Wildman–Crippen MR) is 128 cm³/mol. The summed E-state index contributed by atoms with van der Waals surface area (Å²) in [6, 6.07) is 11.7. The number of carbonyl (C=O) groups is 1. The number of nitrogens with zero attached hydrogens (tertiary/aromatic N) is 5. The summed E-state index contributed by atoms with van der Waals surface area (Å²) in [6.07, 6.45) is 6.00. The SMILES string of the molecule is Cc1nc(N2CCC(CO)CC2)cc(N2CCC[C@H]2C(=O)CCCc2ccc(C#N)cc2)n1. The highest BCUT2D eigenvalue weighted by atomic mass is 16.3. The van der Waals surface area contributed by atoms with Crippen LogP contribution in [0.15, 0.2) is 30.3 Å². The Balaban J connectivity index is 1.38. The Kier molecular flexibility index (Phi) is 7.56. The van der Waals surface area contributed by atoms with Gasteiger partial charge in [-0.2, -0.15) is 5.26 Å². The van der Waals surface area contributed by atoms with Crippen molar-refractivity contribution >= 4 is 17.4 Å². The first-order valence-corrected chi connectivity index (χ1v) is 12.1. The number of nitriles is 1. The number of rotatable bonds is 8. The minimum atomic E-state index is -0.117. The molecule has 1 aromatic carbocycles. The normalized spacial score (nSPS) is 19.0. The second kappa shape index (κ2) is 10.8. The fourth-order valence-electron chi connectivity index (χ4n) is 4.95. The van der Waals surface area contributed by atoms with Crippen LogP contribution in [0.4, 0.5) is 11.6 Å². The van der Waals surface area contributed by atoms with Crippen LogP contribution in [0.3, 0.4) is 0 Å². The molecule has 2 fully saturated rings. The molecular weight excluding hydrogens is 414 g/mol. The lowest BCUT2D eigenvalue weighted by molar-refractivity contribution is -0.120. The molecule has 33 heavy (non-hydrogen) atoms. The van der Waals surface area contributed by atoms with Crippen molar-refractivity contribution in [1.82, 2.24) is 9.97 Å². The summed E-state index contributed by atoms with van der Waals surface area (Å²) in [7, 11) is 0. The second-order valence-electron chi connectivity index (χ2n) is 9.22. The lowest BCUT2D eigenvalue weighted by atomic mass is 9.98. The van der Waals surface area contributed by atoms with Crippen molar-refractivity contribution in [2.24, 2.45) is 5.92 Å². The number of aliphatic hydroxyl groups is 1. The summed E-state index contributed by atoms with van der Waals surface area (Å²) < 4.78 is 0. The Morgan fingerprint density at radius 3 is 2.55 bits per heavy atom. The number of aromatic nitrogens is 2. The Morgan fingerprint density at radius 2 is 1.85 bits per heavy atom. The topological polar surface area (TPSA) is 93.4 Å². The van der Waals surface area contributed by atoms with Crippen molar-refractivity contribution in [3.05, 3.63) is 47.3 Å². The summed E-state index contributed by atoms with van der Waals surface area (Å²) in [6.45, 7) is 4.79. The van der Waals surface area contributed by atoms with E-state index < -0.39 is 0 Å². The molecule has 0 bridgehead atoms. The third-order valence-electron chi connectivity index (χ3n) is 6.90. The summed E-state index contributed by atoms with van der Waals surface area (Å²) in [4.78, 5) is 26.9. The van der Waals surface area contributed by atoms with Gasteiger partial charge in [-0.3, -0.25) is 4.79 Å². The fourth-order valence-corrected chi connectivity index (χ4v) is 4.95. The van der Waals surface area contributed by atoms with Crippen LogP contribution in [0.5, 0.6) is 0 Å². The number of ketones is 1. The predicted octanol–water partition coefficient (Wildman–Crippen LogP) is 3.43. The standard InChI is InChI=1S/C26H33N5O2/c1-19-28-25(30-14-11-22(18-32)12-15-30)16-26(29-19)31-13-3-5-23(31)24(33)6-2-4-20-7-9-21(17-27)10-8-20/h7-10,16,22-23,32H,2-6,11-15,18H2,1H3/t23-/m0/s1. The van der Waals surface area contributed by atoms with Gasteiger partial charge in [0.2, 0.25) is 0 Å². The molecule has 1 atom stereocenters. The van der Waals surface area contributed by atoms with Crippen LogP contribution in [-0.2, 0) is 11.2 Å². The molecule has 0 spiro atoms. The van der Waals surface area contributed by atoms with Gasteiger partial charge in [0.15, 0.2) is 5.78 Å². The van der Waals surface area contributed by atoms with Gasteiger partial charge in [-0.15, -0.1) is 0 Å². The molecule has 0 saturated carbocycles. The Hall–Kier alpha value is -2.98. The maximum atomic E-state index is 13.1. The lowest BCUT2D eigenvalue weighted by Crippen LogP contribution is -2.38. The zero-order chi connectivity index (χ0) is 23.2. The molecule has 0 amide bonds. The van der Waals surface area contributed by atoms with Crippen LogP contribution in [0.2, 0.25) is 0 Å². The van der Waals surface area contributed by atoms with Crippen molar-refractivity contribution in [2.75, 3.05) is 36.0 Å². The largest absolute Gasteiger partial charge is 0.396 e. The summed E-state index contributed by atoms with van der Waals surface area (Å²) >= 11 is 0. The molecule has 2 saturated heterocycles. The van der Waals surface area contributed by atoms with Gasteiger partial charge in [-0.05, 0) is 69.1 Å². The van der Waals surface area contributed by atoms with Gasteiger partial charge in [0.1, 0.15) is 17.5 Å². The second-order valence-corrected chi connectivity index (χ2v) is 9.22. The number of aliphatic hydroxyl groups excluding tert-OH is 1. The van der Waals surface area contributed by atoms with Crippen molar-refractivity contribution in [1.29, 1.82) is 5.26 Å². The number of anilines is 2. The van der Waals surface area contributed by atoms with Gasteiger partial charge in [-0.25, -0.2) is 9.97 Å². The Labute approximate surface area is 196 Å². The molecule has 0 radical (unpaired) electrons. The maximum absolute atomic E-state index is 13.1.